The van der Waals surface area contributed by atoms with Crippen LogP contribution >= 0.6 is 0 Å². The Bertz CT molecular complexity index is 449. The second kappa shape index (κ2) is 4.78. The first-order valence-electron chi connectivity index (χ1n) is 5.81. The van der Waals surface area contributed by atoms with Gasteiger partial charge in [0.05, 0.1) is 25.2 Å². The second-order valence-electron chi connectivity index (χ2n) is 4.80. The van der Waals surface area contributed by atoms with Crippen LogP contribution in [0.1, 0.15) is 17.3 Å². The summed E-state index contributed by atoms with van der Waals surface area (Å²) < 4.78 is 0. The Kier molecular flexibility index (Phi) is 3.34. The molecule has 2 rings (SSSR count). The van der Waals surface area contributed by atoms with Crippen LogP contribution in [0.15, 0.2) is 30.3 Å². The van der Waals surface area contributed by atoms with E-state index in [1.165, 1.54) is 4.90 Å². The molecule has 1 aliphatic rings. The monoisotopic (exact) mass is 248 g/mol. The molecule has 2 N–H and O–H groups in total. The molecule has 1 fully saturated rings. The summed E-state index contributed by atoms with van der Waals surface area (Å²) in [6, 6.07) is 8.74. The van der Waals surface area contributed by atoms with Gasteiger partial charge in [-0.3, -0.25) is 9.59 Å². The second-order valence-corrected chi connectivity index (χ2v) is 4.80. The minimum absolute atomic E-state index is 0.0379. The highest BCUT2D eigenvalue weighted by Crippen LogP contribution is 2.19. The Morgan fingerprint density at radius 2 is 1.94 bits per heavy atom. The first-order valence-corrected chi connectivity index (χ1v) is 5.81. The molecule has 0 atom stereocenters. The van der Waals surface area contributed by atoms with Gasteiger partial charge in [-0.05, 0) is 19.1 Å². The fourth-order valence-electron chi connectivity index (χ4n) is 1.91. The SMILES string of the molecule is CC1(O)CN(C(=O)CNC(=O)c2ccccc2)C1. The number of hydrogen-bond donors (Lipinski definition) is 2. The molecular weight excluding hydrogens is 232 g/mol. The molecule has 1 aromatic carbocycles. The van der Waals surface area contributed by atoms with Crippen molar-refractivity contribution in [1.82, 2.24) is 10.2 Å². The van der Waals surface area contributed by atoms with E-state index in [1.54, 1.807) is 31.2 Å². The van der Waals surface area contributed by atoms with Gasteiger partial charge in [-0.2, -0.15) is 0 Å². The third-order valence-corrected chi connectivity index (χ3v) is 2.85. The lowest BCUT2D eigenvalue weighted by molar-refractivity contribution is -0.151. The number of nitrogens with zero attached hydrogens (tertiary/aromatic N) is 1. The summed E-state index contributed by atoms with van der Waals surface area (Å²) in [6.45, 7) is 2.29. The van der Waals surface area contributed by atoms with E-state index in [2.05, 4.69) is 5.32 Å². The summed E-state index contributed by atoms with van der Waals surface area (Å²) in [4.78, 5) is 24.8. The number of β-amino-alcohol motifs (C(OH)–C–C–N with tert-alkyl or cyclic N) is 1. The van der Waals surface area contributed by atoms with Crippen LogP contribution in [0.25, 0.3) is 0 Å². The molecule has 0 aromatic heterocycles. The minimum Gasteiger partial charge on any atom is -0.386 e. The fraction of sp³-hybridized carbons (Fsp3) is 0.385. The average molecular weight is 248 g/mol. The number of carbonyl (C=O) groups is 2. The molecule has 1 aromatic rings. The highest BCUT2D eigenvalue weighted by atomic mass is 16.3. The van der Waals surface area contributed by atoms with Crippen LogP contribution in [-0.2, 0) is 4.79 Å². The maximum absolute atomic E-state index is 11.7. The van der Waals surface area contributed by atoms with Crippen LogP contribution in [0.2, 0.25) is 0 Å². The van der Waals surface area contributed by atoms with Gasteiger partial charge >= 0.3 is 0 Å². The lowest BCUT2D eigenvalue weighted by Crippen LogP contribution is -2.63. The summed E-state index contributed by atoms with van der Waals surface area (Å²) >= 11 is 0. The van der Waals surface area contributed by atoms with E-state index in [0.29, 0.717) is 18.7 Å². The number of likely N-dealkylation sites (tertiary alicyclic amines) is 1. The third kappa shape index (κ3) is 2.87. The maximum Gasteiger partial charge on any atom is 0.251 e. The standard InChI is InChI=1S/C13H16N2O3/c1-13(18)8-15(9-13)11(16)7-14-12(17)10-5-3-2-4-6-10/h2-6,18H,7-9H2,1H3,(H,14,17). The van der Waals surface area contributed by atoms with Gasteiger partial charge in [0.1, 0.15) is 0 Å². The summed E-state index contributed by atoms with van der Waals surface area (Å²) in [5.41, 5.74) is -0.250. The van der Waals surface area contributed by atoms with Gasteiger partial charge in [0.15, 0.2) is 0 Å². The number of nitrogens with one attached hydrogen (secondary N) is 1. The van der Waals surface area contributed by atoms with Crippen LogP contribution in [-0.4, -0.2) is 47.1 Å². The molecule has 0 bridgehead atoms. The Morgan fingerprint density at radius 3 is 2.50 bits per heavy atom. The van der Waals surface area contributed by atoms with Crippen molar-refractivity contribution in [3.63, 3.8) is 0 Å². The average Bonchev–Trinajstić information content (AvgIpc) is 2.33. The van der Waals surface area contributed by atoms with Crippen LogP contribution in [0.4, 0.5) is 0 Å². The van der Waals surface area contributed by atoms with Crippen molar-refractivity contribution in [2.75, 3.05) is 19.6 Å². The molecule has 1 saturated heterocycles. The molecule has 0 unspecified atom stereocenters. The van der Waals surface area contributed by atoms with Crippen molar-refractivity contribution in [3.8, 4) is 0 Å². The number of amides is 2. The largest absolute Gasteiger partial charge is 0.386 e. The molecule has 2 amide bonds. The van der Waals surface area contributed by atoms with E-state index >= 15 is 0 Å². The van der Waals surface area contributed by atoms with Gasteiger partial charge in [0.2, 0.25) is 5.91 Å². The van der Waals surface area contributed by atoms with E-state index in [0.717, 1.165) is 0 Å². The van der Waals surface area contributed by atoms with Crippen LogP contribution in [0.5, 0.6) is 0 Å². The summed E-state index contributed by atoms with van der Waals surface area (Å²) in [5, 5.41) is 12.1. The molecule has 96 valence electrons. The van der Waals surface area contributed by atoms with Gasteiger partial charge in [0, 0.05) is 5.56 Å². The minimum atomic E-state index is -0.779. The van der Waals surface area contributed by atoms with Crippen LogP contribution < -0.4 is 5.32 Å². The molecule has 18 heavy (non-hydrogen) atoms. The van der Waals surface area contributed by atoms with Crippen molar-refractivity contribution >= 4 is 11.8 Å². The first-order chi connectivity index (χ1) is 8.48. The number of rotatable bonds is 3. The number of hydrogen-bond acceptors (Lipinski definition) is 3. The Hall–Kier alpha value is -1.88. The summed E-state index contributed by atoms with van der Waals surface area (Å²) in [6.07, 6.45) is 0. The molecule has 1 heterocycles. The van der Waals surface area contributed by atoms with Crippen LogP contribution in [0.3, 0.4) is 0 Å². The Balaban J connectivity index is 1.79. The number of aliphatic hydroxyl groups is 1. The lowest BCUT2D eigenvalue weighted by atomic mass is 9.97. The van der Waals surface area contributed by atoms with Gasteiger partial charge in [-0.15, -0.1) is 0 Å². The molecule has 1 aliphatic heterocycles. The van der Waals surface area contributed by atoms with Crippen molar-refractivity contribution in [2.24, 2.45) is 0 Å². The number of benzene rings is 1. The molecule has 0 spiro atoms. The third-order valence-electron chi connectivity index (χ3n) is 2.85. The topological polar surface area (TPSA) is 69.6 Å². The van der Waals surface area contributed by atoms with Crippen LogP contribution in [0, 0.1) is 0 Å². The molecule has 0 radical (unpaired) electrons. The smallest absolute Gasteiger partial charge is 0.251 e. The van der Waals surface area contributed by atoms with Gasteiger partial charge < -0.3 is 15.3 Å². The van der Waals surface area contributed by atoms with Crippen molar-refractivity contribution < 1.29 is 14.7 Å². The Labute approximate surface area is 105 Å². The number of carbonyl (C=O) groups excluding carboxylic acids is 2. The summed E-state index contributed by atoms with van der Waals surface area (Å²) in [5.74, 6) is -0.443. The summed E-state index contributed by atoms with van der Waals surface area (Å²) in [7, 11) is 0. The first kappa shape index (κ1) is 12.6. The fourth-order valence-corrected chi connectivity index (χ4v) is 1.91. The Morgan fingerprint density at radius 1 is 1.33 bits per heavy atom. The zero-order chi connectivity index (χ0) is 13.2. The predicted octanol–water partition coefficient (Wildman–Crippen LogP) is 0.00960. The molecule has 0 saturated carbocycles. The van der Waals surface area contributed by atoms with E-state index in [-0.39, 0.29) is 18.4 Å². The maximum atomic E-state index is 11.7. The van der Waals surface area contributed by atoms with E-state index in [1.807, 2.05) is 6.07 Å². The molecule has 5 heteroatoms. The highest BCUT2D eigenvalue weighted by molar-refractivity contribution is 5.96. The highest BCUT2D eigenvalue weighted by Gasteiger charge is 2.39. The predicted molar refractivity (Wildman–Crippen MR) is 66.0 cm³/mol. The van der Waals surface area contributed by atoms with Gasteiger partial charge in [-0.25, -0.2) is 0 Å². The van der Waals surface area contributed by atoms with Gasteiger partial charge in [0.25, 0.3) is 5.91 Å². The van der Waals surface area contributed by atoms with Crippen molar-refractivity contribution in [1.29, 1.82) is 0 Å². The zero-order valence-corrected chi connectivity index (χ0v) is 10.2. The molecular formula is C13H16N2O3. The zero-order valence-electron chi connectivity index (χ0n) is 10.2. The van der Waals surface area contributed by atoms with Crippen molar-refractivity contribution in [2.45, 2.75) is 12.5 Å². The van der Waals surface area contributed by atoms with E-state index < -0.39 is 5.60 Å². The normalized spacial score (nSPS) is 16.9. The lowest BCUT2D eigenvalue weighted by Gasteiger charge is -2.44. The molecule has 0 aliphatic carbocycles. The molecule has 5 nitrogen and oxygen atoms in total. The van der Waals surface area contributed by atoms with Crippen molar-refractivity contribution in [3.05, 3.63) is 35.9 Å². The van der Waals surface area contributed by atoms with E-state index in [9.17, 15) is 14.7 Å². The van der Waals surface area contributed by atoms with Gasteiger partial charge in [-0.1, -0.05) is 18.2 Å². The quantitative estimate of drug-likeness (QED) is 0.791. The van der Waals surface area contributed by atoms with E-state index in [4.69, 9.17) is 0 Å².